The number of nitrogens with zero attached hydrogens (tertiary/aromatic N) is 1. The topological polar surface area (TPSA) is 47.8 Å². The van der Waals surface area contributed by atoms with Crippen molar-refractivity contribution in [3.63, 3.8) is 0 Å². The van der Waals surface area contributed by atoms with Crippen LogP contribution in [0.3, 0.4) is 0 Å². The summed E-state index contributed by atoms with van der Waals surface area (Å²) in [4.78, 5) is 13.3. The molecule has 1 aliphatic heterocycles. The highest BCUT2D eigenvalue weighted by Gasteiger charge is 2.42. The molecule has 0 spiro atoms. The van der Waals surface area contributed by atoms with Crippen LogP contribution in [0, 0.1) is 0 Å². The van der Waals surface area contributed by atoms with Crippen LogP contribution in [-0.4, -0.2) is 39.9 Å². The fourth-order valence-electron chi connectivity index (χ4n) is 1.77. The first-order valence-corrected chi connectivity index (χ1v) is 5.27. The lowest BCUT2D eigenvalue weighted by Crippen LogP contribution is -2.14. The predicted octanol–water partition coefficient (Wildman–Crippen LogP) is 1.07. The van der Waals surface area contributed by atoms with Crippen LogP contribution in [0.2, 0.25) is 0 Å². The lowest BCUT2D eigenvalue weighted by atomic mass is 10.2. The van der Waals surface area contributed by atoms with Crippen LogP contribution in [0.25, 0.3) is 0 Å². The van der Waals surface area contributed by atoms with E-state index >= 15 is 0 Å². The Hall–Kier alpha value is -1.91. The van der Waals surface area contributed by atoms with Crippen molar-refractivity contribution in [1.29, 1.82) is 0 Å². The largest absolute Gasteiger partial charge is 0.497 e. The summed E-state index contributed by atoms with van der Waals surface area (Å²) in [6.45, 7) is 0.662. The van der Waals surface area contributed by atoms with Crippen LogP contribution in [-0.2, 0) is 9.53 Å². The molecule has 0 amide bonds. The lowest BCUT2D eigenvalue weighted by molar-refractivity contribution is -0.139. The van der Waals surface area contributed by atoms with Crippen LogP contribution in [0.5, 0.6) is 11.5 Å². The number of carbonyl (C=O) groups excluding carboxylic acids is 1. The number of hydrogen-bond donors (Lipinski definition) is 0. The number of methoxy groups -OCH3 is 3. The van der Waals surface area contributed by atoms with Gasteiger partial charge in [-0.1, -0.05) is 0 Å². The molecule has 1 aromatic rings. The first-order chi connectivity index (χ1) is 8.21. The fraction of sp³-hybridized carbons (Fsp3) is 0.417. The van der Waals surface area contributed by atoms with Crippen LogP contribution >= 0.6 is 0 Å². The Labute approximate surface area is 99.9 Å². The van der Waals surface area contributed by atoms with Gasteiger partial charge in [-0.3, -0.25) is 0 Å². The zero-order valence-corrected chi connectivity index (χ0v) is 10.1. The second-order valence-electron chi connectivity index (χ2n) is 3.73. The second-order valence-corrected chi connectivity index (χ2v) is 3.73. The number of esters is 1. The molecule has 1 heterocycles. The lowest BCUT2D eigenvalue weighted by Gasteiger charge is -2.12. The molecule has 0 saturated carbocycles. The van der Waals surface area contributed by atoms with E-state index in [1.165, 1.54) is 7.11 Å². The summed E-state index contributed by atoms with van der Waals surface area (Å²) >= 11 is 0. The Morgan fingerprint density at radius 2 is 2.06 bits per heavy atom. The van der Waals surface area contributed by atoms with E-state index in [2.05, 4.69) is 0 Å². The molecule has 17 heavy (non-hydrogen) atoms. The molecule has 1 saturated heterocycles. The number of hydrogen-bond acceptors (Lipinski definition) is 5. The minimum Gasteiger partial charge on any atom is -0.497 e. The van der Waals surface area contributed by atoms with Crippen LogP contribution in [0.4, 0.5) is 5.69 Å². The maximum atomic E-state index is 11.4. The Balaban J connectivity index is 2.20. The van der Waals surface area contributed by atoms with Gasteiger partial charge < -0.3 is 19.1 Å². The van der Waals surface area contributed by atoms with Gasteiger partial charge in [-0.15, -0.1) is 0 Å². The summed E-state index contributed by atoms with van der Waals surface area (Å²) in [5, 5.41) is 0. The first kappa shape index (κ1) is 11.6. The molecule has 2 rings (SSSR count). The molecule has 1 unspecified atom stereocenters. The number of anilines is 1. The van der Waals surface area contributed by atoms with Crippen molar-refractivity contribution in [3.05, 3.63) is 18.2 Å². The molecule has 1 fully saturated rings. The molecule has 0 bridgehead atoms. The quantitative estimate of drug-likeness (QED) is 0.579. The number of rotatable bonds is 4. The number of carbonyl (C=O) groups is 1. The van der Waals surface area contributed by atoms with Crippen molar-refractivity contribution in [3.8, 4) is 11.5 Å². The molecular weight excluding hydrogens is 222 g/mol. The number of benzene rings is 1. The van der Waals surface area contributed by atoms with Gasteiger partial charge in [-0.25, -0.2) is 4.79 Å². The summed E-state index contributed by atoms with van der Waals surface area (Å²) in [5.41, 5.74) is 0.878. The monoisotopic (exact) mass is 237 g/mol. The van der Waals surface area contributed by atoms with E-state index in [0.717, 1.165) is 11.4 Å². The average molecular weight is 237 g/mol. The van der Waals surface area contributed by atoms with Gasteiger partial charge in [-0.2, -0.15) is 0 Å². The minimum absolute atomic E-state index is 0.192. The first-order valence-electron chi connectivity index (χ1n) is 5.27. The molecule has 0 radical (unpaired) electrons. The van der Waals surface area contributed by atoms with Crippen LogP contribution in [0.1, 0.15) is 0 Å². The van der Waals surface area contributed by atoms with Gasteiger partial charge in [0.15, 0.2) is 0 Å². The summed E-state index contributed by atoms with van der Waals surface area (Å²) in [7, 11) is 4.59. The predicted molar refractivity (Wildman–Crippen MR) is 62.7 cm³/mol. The molecule has 1 atom stereocenters. The third-order valence-electron chi connectivity index (χ3n) is 2.78. The molecule has 92 valence electrons. The summed E-state index contributed by atoms with van der Waals surface area (Å²) in [6, 6.07) is 5.31. The summed E-state index contributed by atoms with van der Waals surface area (Å²) in [5.74, 6) is 1.20. The SMILES string of the molecule is COC(=O)C1CN1c1ccc(OC)cc1OC. The molecule has 5 heteroatoms. The Morgan fingerprint density at radius 1 is 1.29 bits per heavy atom. The van der Waals surface area contributed by atoms with Crippen molar-refractivity contribution in [2.24, 2.45) is 0 Å². The van der Waals surface area contributed by atoms with E-state index in [-0.39, 0.29) is 12.0 Å². The Bertz CT molecular complexity index is 433. The van der Waals surface area contributed by atoms with Crippen molar-refractivity contribution in [2.45, 2.75) is 6.04 Å². The molecule has 1 aliphatic rings. The van der Waals surface area contributed by atoms with Gasteiger partial charge in [0.25, 0.3) is 0 Å². The second kappa shape index (κ2) is 4.53. The van der Waals surface area contributed by atoms with Gasteiger partial charge in [0.1, 0.15) is 17.5 Å². The van der Waals surface area contributed by atoms with Gasteiger partial charge >= 0.3 is 5.97 Å². The van der Waals surface area contributed by atoms with E-state index < -0.39 is 0 Å². The average Bonchev–Trinajstić information content (AvgIpc) is 3.17. The zero-order valence-electron chi connectivity index (χ0n) is 10.1. The minimum atomic E-state index is -0.220. The van der Waals surface area contributed by atoms with Gasteiger partial charge in [0.05, 0.1) is 33.6 Å². The standard InChI is InChI=1S/C12H15NO4/c1-15-8-4-5-9(11(6-8)16-2)13-7-10(13)12(14)17-3/h4-6,10H,7H2,1-3H3. The van der Waals surface area contributed by atoms with E-state index in [1.54, 1.807) is 20.3 Å². The van der Waals surface area contributed by atoms with E-state index in [1.807, 2.05) is 17.0 Å². The third-order valence-corrected chi connectivity index (χ3v) is 2.78. The number of ether oxygens (including phenoxy) is 3. The van der Waals surface area contributed by atoms with Gasteiger partial charge in [-0.05, 0) is 12.1 Å². The van der Waals surface area contributed by atoms with Crippen molar-refractivity contribution >= 4 is 11.7 Å². The van der Waals surface area contributed by atoms with Crippen LogP contribution in [0.15, 0.2) is 18.2 Å². The highest BCUT2D eigenvalue weighted by molar-refractivity contribution is 5.87. The van der Waals surface area contributed by atoms with Gasteiger partial charge in [0, 0.05) is 6.07 Å². The Kier molecular flexibility index (Phi) is 3.08. The fourth-order valence-corrected chi connectivity index (χ4v) is 1.77. The molecule has 0 aromatic heterocycles. The van der Waals surface area contributed by atoms with E-state index in [9.17, 15) is 4.79 Å². The molecule has 0 N–H and O–H groups in total. The highest BCUT2D eigenvalue weighted by atomic mass is 16.5. The smallest absolute Gasteiger partial charge is 0.330 e. The third kappa shape index (κ3) is 2.13. The van der Waals surface area contributed by atoms with E-state index in [0.29, 0.717) is 12.3 Å². The molecular formula is C12H15NO4. The maximum absolute atomic E-state index is 11.4. The van der Waals surface area contributed by atoms with Crippen molar-refractivity contribution < 1.29 is 19.0 Å². The maximum Gasteiger partial charge on any atom is 0.330 e. The normalized spacial score (nSPS) is 17.6. The van der Waals surface area contributed by atoms with Gasteiger partial charge in [0.2, 0.25) is 0 Å². The molecule has 5 nitrogen and oxygen atoms in total. The molecule has 1 aromatic carbocycles. The van der Waals surface area contributed by atoms with E-state index in [4.69, 9.17) is 14.2 Å². The zero-order chi connectivity index (χ0) is 12.4. The summed E-state index contributed by atoms with van der Waals surface area (Å²) in [6.07, 6.45) is 0. The molecule has 0 aliphatic carbocycles. The van der Waals surface area contributed by atoms with Crippen molar-refractivity contribution in [2.75, 3.05) is 32.8 Å². The summed E-state index contributed by atoms with van der Waals surface area (Å²) < 4.78 is 15.1. The van der Waals surface area contributed by atoms with Crippen molar-refractivity contribution in [1.82, 2.24) is 0 Å². The Morgan fingerprint density at radius 3 is 2.65 bits per heavy atom. The highest BCUT2D eigenvalue weighted by Crippen LogP contribution is 2.38. The van der Waals surface area contributed by atoms with Crippen LogP contribution < -0.4 is 14.4 Å².